The van der Waals surface area contributed by atoms with Crippen LogP contribution in [0.1, 0.15) is 54.9 Å². The third kappa shape index (κ3) is 5.11. The molecule has 0 saturated heterocycles. The lowest BCUT2D eigenvalue weighted by Gasteiger charge is -2.45. The first-order valence-corrected chi connectivity index (χ1v) is 14.1. The molecule has 3 aromatic rings. The zero-order valence-electron chi connectivity index (χ0n) is 20.9. The van der Waals surface area contributed by atoms with Crippen LogP contribution in [0.5, 0.6) is 5.75 Å². The number of carboxylic acid groups (broad SMARTS) is 1. The molecule has 2 N–H and O–H groups in total. The molecule has 0 bridgehead atoms. The van der Waals surface area contributed by atoms with Crippen LogP contribution in [-0.4, -0.2) is 21.3 Å². The van der Waals surface area contributed by atoms with E-state index in [0.29, 0.717) is 62.8 Å². The van der Waals surface area contributed by atoms with Crippen molar-refractivity contribution in [2.45, 2.75) is 50.2 Å². The first-order chi connectivity index (χ1) is 18.7. The number of aliphatic carboxylic acids is 1. The summed E-state index contributed by atoms with van der Waals surface area (Å²) in [6, 6.07) is 10.6. The summed E-state index contributed by atoms with van der Waals surface area (Å²) in [6.07, 6.45) is 9.16. The van der Waals surface area contributed by atoms with Crippen LogP contribution in [0.4, 0.5) is 0 Å². The average Bonchev–Trinajstić information content (AvgIpc) is 3.66. The Balaban J connectivity index is 1.18. The Labute approximate surface area is 240 Å². The van der Waals surface area contributed by atoms with Crippen LogP contribution in [-0.2, 0) is 17.0 Å². The summed E-state index contributed by atoms with van der Waals surface area (Å²) in [5.74, 6) is 0.378. The van der Waals surface area contributed by atoms with E-state index < -0.39 is 17.5 Å². The third-order valence-corrected chi connectivity index (χ3v) is 8.78. The SMILES string of the molecule is O=C(O)C1C=C(C2CC(O)(c3ccc(OCc4c(-c5c(Cl)cccc5Cl)noc4C4CC4)cc3Cl)C2)C=CC1. The number of ether oxygens (including phenoxy) is 1. The van der Waals surface area contributed by atoms with Gasteiger partial charge in [0.25, 0.3) is 0 Å². The molecule has 3 aliphatic carbocycles. The van der Waals surface area contributed by atoms with Crippen molar-refractivity contribution in [2.75, 3.05) is 0 Å². The van der Waals surface area contributed by atoms with Gasteiger partial charge < -0.3 is 19.5 Å². The van der Waals surface area contributed by atoms with E-state index in [2.05, 4.69) is 5.16 Å². The van der Waals surface area contributed by atoms with Gasteiger partial charge in [0.1, 0.15) is 23.8 Å². The summed E-state index contributed by atoms with van der Waals surface area (Å²) < 4.78 is 11.8. The van der Waals surface area contributed by atoms with Crippen LogP contribution >= 0.6 is 34.8 Å². The molecule has 1 heterocycles. The molecule has 202 valence electrons. The van der Waals surface area contributed by atoms with Gasteiger partial charge in [-0.2, -0.15) is 0 Å². The van der Waals surface area contributed by atoms with E-state index in [1.54, 1.807) is 42.5 Å². The Morgan fingerprint density at radius 3 is 2.49 bits per heavy atom. The molecule has 6 nitrogen and oxygen atoms in total. The Hall–Kier alpha value is -2.77. The molecule has 9 heteroatoms. The topological polar surface area (TPSA) is 92.8 Å². The van der Waals surface area contributed by atoms with Crippen molar-refractivity contribution in [1.82, 2.24) is 5.16 Å². The number of allylic oxidation sites excluding steroid dienone is 3. The highest BCUT2D eigenvalue weighted by molar-refractivity contribution is 6.39. The van der Waals surface area contributed by atoms with Gasteiger partial charge in [0.2, 0.25) is 0 Å². The number of benzene rings is 2. The molecule has 2 saturated carbocycles. The number of hydrogen-bond donors (Lipinski definition) is 2. The first-order valence-electron chi connectivity index (χ1n) is 12.9. The molecular weight excluding hydrogens is 561 g/mol. The van der Waals surface area contributed by atoms with Crippen molar-refractivity contribution < 1.29 is 24.3 Å². The number of nitrogens with zero attached hydrogens (tertiary/aromatic N) is 1. The number of aromatic nitrogens is 1. The largest absolute Gasteiger partial charge is 0.489 e. The van der Waals surface area contributed by atoms with Crippen molar-refractivity contribution in [1.29, 1.82) is 0 Å². The molecule has 2 fully saturated rings. The van der Waals surface area contributed by atoms with E-state index in [1.165, 1.54) is 0 Å². The van der Waals surface area contributed by atoms with E-state index in [9.17, 15) is 15.0 Å². The maximum atomic E-state index is 11.4. The lowest BCUT2D eigenvalue weighted by atomic mass is 9.64. The minimum Gasteiger partial charge on any atom is -0.489 e. The van der Waals surface area contributed by atoms with Gasteiger partial charge in [-0.05, 0) is 67.9 Å². The number of carbonyl (C=O) groups is 1. The minimum atomic E-state index is -1.08. The fourth-order valence-electron chi connectivity index (χ4n) is 5.53. The van der Waals surface area contributed by atoms with Crippen molar-refractivity contribution in [3.63, 3.8) is 0 Å². The molecule has 0 aliphatic heterocycles. The van der Waals surface area contributed by atoms with Gasteiger partial charge in [0.15, 0.2) is 0 Å². The van der Waals surface area contributed by atoms with E-state index in [0.717, 1.165) is 29.7 Å². The molecule has 1 unspecified atom stereocenters. The summed E-state index contributed by atoms with van der Waals surface area (Å²) in [5.41, 5.74) is 2.51. The zero-order valence-corrected chi connectivity index (χ0v) is 23.1. The fourth-order valence-corrected chi connectivity index (χ4v) is 6.45. The molecule has 0 radical (unpaired) electrons. The van der Waals surface area contributed by atoms with E-state index in [4.69, 9.17) is 44.1 Å². The highest BCUT2D eigenvalue weighted by Crippen LogP contribution is 2.52. The van der Waals surface area contributed by atoms with E-state index >= 15 is 0 Å². The van der Waals surface area contributed by atoms with E-state index in [-0.39, 0.29) is 12.5 Å². The van der Waals surface area contributed by atoms with Crippen LogP contribution in [0.3, 0.4) is 0 Å². The Morgan fingerprint density at radius 1 is 1.08 bits per heavy atom. The Bertz CT molecular complexity index is 1480. The standard InChI is InChI=1S/C30H26Cl3NO5/c31-23-5-2-6-24(32)26(23)27-21(28(39-34-27)16-7-8-16)15-38-20-9-10-22(25(33)12-20)30(37)13-19(14-30)17-3-1-4-18(11-17)29(35)36/h1-3,5-6,9-12,16,18-19,37H,4,7-8,13-15H2,(H,35,36). The number of hydrogen-bond acceptors (Lipinski definition) is 5. The van der Waals surface area contributed by atoms with Crippen LogP contribution in [0.15, 0.2) is 64.7 Å². The van der Waals surface area contributed by atoms with Gasteiger partial charge in [0, 0.05) is 17.0 Å². The maximum Gasteiger partial charge on any atom is 0.310 e. The zero-order chi connectivity index (χ0) is 27.3. The van der Waals surface area contributed by atoms with Gasteiger partial charge in [-0.15, -0.1) is 0 Å². The second-order valence-electron chi connectivity index (χ2n) is 10.6. The van der Waals surface area contributed by atoms with Crippen LogP contribution in [0, 0.1) is 11.8 Å². The summed E-state index contributed by atoms with van der Waals surface area (Å²) >= 11 is 19.5. The predicted molar refractivity (Wildman–Crippen MR) is 149 cm³/mol. The average molecular weight is 587 g/mol. The van der Waals surface area contributed by atoms with E-state index in [1.807, 2.05) is 12.2 Å². The normalized spacial score (nSPS) is 24.3. The molecule has 1 atom stereocenters. The minimum absolute atomic E-state index is 0.0879. The van der Waals surface area contributed by atoms with Crippen LogP contribution in [0.2, 0.25) is 15.1 Å². The summed E-state index contributed by atoms with van der Waals surface area (Å²) in [4.78, 5) is 11.4. The van der Waals surface area contributed by atoms with Gasteiger partial charge in [-0.1, -0.05) is 70.3 Å². The summed E-state index contributed by atoms with van der Waals surface area (Å²) in [5, 5.41) is 26.3. The molecule has 39 heavy (non-hydrogen) atoms. The third-order valence-electron chi connectivity index (χ3n) is 7.84. The molecule has 1 aromatic heterocycles. The van der Waals surface area contributed by atoms with Crippen molar-refractivity contribution in [3.8, 4) is 17.0 Å². The second-order valence-corrected chi connectivity index (χ2v) is 11.8. The lowest BCUT2D eigenvalue weighted by molar-refractivity contribution is -0.140. The molecule has 0 spiro atoms. The second kappa shape index (κ2) is 10.3. The van der Waals surface area contributed by atoms with Gasteiger partial charge in [-0.25, -0.2) is 0 Å². The molecular formula is C30H26Cl3NO5. The quantitative estimate of drug-likeness (QED) is 0.278. The Kier molecular flexibility index (Phi) is 7.00. The van der Waals surface area contributed by atoms with Crippen molar-refractivity contribution >= 4 is 40.8 Å². The van der Waals surface area contributed by atoms with Crippen molar-refractivity contribution in [2.24, 2.45) is 11.8 Å². The van der Waals surface area contributed by atoms with Gasteiger partial charge in [0.05, 0.1) is 32.2 Å². The highest BCUT2D eigenvalue weighted by Gasteiger charge is 2.46. The van der Waals surface area contributed by atoms with Crippen LogP contribution < -0.4 is 4.74 Å². The Morgan fingerprint density at radius 2 is 1.82 bits per heavy atom. The molecule has 2 aromatic carbocycles. The molecule has 3 aliphatic rings. The maximum absolute atomic E-state index is 11.4. The first kappa shape index (κ1) is 26.5. The predicted octanol–water partition coefficient (Wildman–Crippen LogP) is 7.94. The summed E-state index contributed by atoms with van der Waals surface area (Å²) in [7, 11) is 0. The number of aliphatic hydroxyl groups is 1. The smallest absolute Gasteiger partial charge is 0.310 e. The van der Waals surface area contributed by atoms with Gasteiger partial charge >= 0.3 is 5.97 Å². The van der Waals surface area contributed by atoms with Crippen molar-refractivity contribution in [3.05, 3.63) is 92.2 Å². The summed E-state index contributed by atoms with van der Waals surface area (Å²) in [6.45, 7) is 0.194. The number of carboxylic acids is 1. The van der Waals surface area contributed by atoms with Gasteiger partial charge in [-0.3, -0.25) is 4.79 Å². The molecule has 0 amide bonds. The lowest BCUT2D eigenvalue weighted by Crippen LogP contribution is -2.42. The highest BCUT2D eigenvalue weighted by atomic mass is 35.5. The molecule has 6 rings (SSSR count). The van der Waals surface area contributed by atoms with Crippen LogP contribution in [0.25, 0.3) is 11.3 Å². The fraction of sp³-hybridized carbons (Fsp3) is 0.333. The number of rotatable bonds is 8. The monoisotopic (exact) mass is 585 g/mol. The number of halogens is 3.